The molecule has 3 rings (SSSR count). The van der Waals surface area contributed by atoms with Crippen LogP contribution in [0, 0.1) is 5.92 Å². The summed E-state index contributed by atoms with van der Waals surface area (Å²) in [4.78, 5) is 40.5. The molecular weight excluding hydrogens is 386 g/mol. The third kappa shape index (κ3) is 5.43. The van der Waals surface area contributed by atoms with E-state index in [1.807, 2.05) is 4.90 Å². The van der Waals surface area contributed by atoms with Crippen LogP contribution in [0.25, 0.3) is 0 Å². The van der Waals surface area contributed by atoms with Crippen molar-refractivity contribution in [3.8, 4) is 11.5 Å². The number of carbonyl (C=O) groups excluding carboxylic acids is 3. The summed E-state index contributed by atoms with van der Waals surface area (Å²) >= 11 is 0. The monoisotopic (exact) mass is 417 g/mol. The largest absolute Gasteiger partial charge is 0.493 e. The molecule has 0 radical (unpaired) electrons. The van der Waals surface area contributed by atoms with E-state index in [1.165, 1.54) is 20.0 Å². The Kier molecular flexibility index (Phi) is 7.54. The number of primary amides is 1. The smallest absolute Gasteiger partial charge is 0.255 e. The van der Waals surface area contributed by atoms with Gasteiger partial charge >= 0.3 is 0 Å². The van der Waals surface area contributed by atoms with Gasteiger partial charge in [-0.2, -0.15) is 0 Å². The molecule has 2 fully saturated rings. The van der Waals surface area contributed by atoms with Gasteiger partial charge < -0.3 is 25.0 Å². The normalized spacial score (nSPS) is 17.9. The van der Waals surface area contributed by atoms with Crippen LogP contribution in [0.2, 0.25) is 0 Å². The molecule has 2 N–H and O–H groups in total. The molecule has 1 aromatic carbocycles. The molecule has 2 heterocycles. The first kappa shape index (κ1) is 21.9. The maximum Gasteiger partial charge on any atom is 0.255 e. The van der Waals surface area contributed by atoms with Crippen molar-refractivity contribution >= 4 is 17.7 Å². The Morgan fingerprint density at radius 1 is 0.967 bits per heavy atom. The van der Waals surface area contributed by atoms with Crippen LogP contribution in [0.5, 0.6) is 11.5 Å². The van der Waals surface area contributed by atoms with Crippen molar-refractivity contribution < 1.29 is 23.9 Å². The number of nitrogens with two attached hydrogens (primary N) is 1. The number of benzene rings is 1. The molecule has 0 saturated carbocycles. The number of amides is 3. The van der Waals surface area contributed by atoms with Crippen LogP contribution >= 0.6 is 0 Å². The number of hydrogen-bond acceptors (Lipinski definition) is 5. The van der Waals surface area contributed by atoms with Gasteiger partial charge in [0.25, 0.3) is 11.8 Å². The molecule has 3 amide bonds. The maximum absolute atomic E-state index is 12.9. The van der Waals surface area contributed by atoms with Gasteiger partial charge in [0.2, 0.25) is 5.91 Å². The van der Waals surface area contributed by atoms with Gasteiger partial charge in [0.05, 0.1) is 7.11 Å². The topological polar surface area (TPSA) is 102 Å². The van der Waals surface area contributed by atoms with Crippen molar-refractivity contribution in [3.63, 3.8) is 0 Å². The quantitative estimate of drug-likeness (QED) is 0.761. The molecule has 8 nitrogen and oxygen atoms in total. The molecule has 1 aromatic rings. The number of methoxy groups -OCH3 is 1. The van der Waals surface area contributed by atoms with Crippen molar-refractivity contribution in [3.05, 3.63) is 23.8 Å². The van der Waals surface area contributed by atoms with Crippen molar-refractivity contribution in [1.82, 2.24) is 9.80 Å². The Labute approximate surface area is 177 Å². The van der Waals surface area contributed by atoms with Gasteiger partial charge in [-0.05, 0) is 43.9 Å². The number of nitrogens with zero attached hydrogens (tertiary/aromatic N) is 2. The molecule has 0 aromatic heterocycles. The van der Waals surface area contributed by atoms with E-state index in [1.54, 1.807) is 23.1 Å². The van der Waals surface area contributed by atoms with Crippen LogP contribution in [-0.4, -0.2) is 67.4 Å². The molecule has 2 aliphatic heterocycles. The van der Waals surface area contributed by atoms with E-state index in [9.17, 15) is 14.4 Å². The molecule has 0 atom stereocenters. The van der Waals surface area contributed by atoms with E-state index in [0.717, 1.165) is 25.9 Å². The van der Waals surface area contributed by atoms with Crippen LogP contribution in [0.15, 0.2) is 18.2 Å². The van der Waals surface area contributed by atoms with Gasteiger partial charge in [-0.3, -0.25) is 14.4 Å². The van der Waals surface area contributed by atoms with Crippen molar-refractivity contribution in [1.29, 1.82) is 0 Å². The number of piperidine rings is 1. The zero-order valence-corrected chi connectivity index (χ0v) is 17.6. The van der Waals surface area contributed by atoms with Crippen LogP contribution in [-0.2, 0) is 9.59 Å². The average Bonchev–Trinajstić information content (AvgIpc) is 3.06. The molecule has 8 heteroatoms. The second-order valence-electron chi connectivity index (χ2n) is 7.93. The Balaban J connectivity index is 1.58. The zero-order valence-electron chi connectivity index (χ0n) is 17.6. The number of ether oxygens (including phenoxy) is 2. The molecule has 2 saturated heterocycles. The van der Waals surface area contributed by atoms with E-state index >= 15 is 0 Å². The fourth-order valence-corrected chi connectivity index (χ4v) is 4.13. The lowest BCUT2D eigenvalue weighted by Crippen LogP contribution is -2.44. The zero-order chi connectivity index (χ0) is 21.5. The van der Waals surface area contributed by atoms with Crippen LogP contribution < -0.4 is 15.2 Å². The summed E-state index contributed by atoms with van der Waals surface area (Å²) < 4.78 is 10.6. The van der Waals surface area contributed by atoms with Crippen LogP contribution in [0.3, 0.4) is 0 Å². The maximum atomic E-state index is 12.9. The molecule has 30 heavy (non-hydrogen) atoms. The summed E-state index contributed by atoms with van der Waals surface area (Å²) in [5.74, 6) is 0.293. The van der Waals surface area contributed by atoms with Gasteiger partial charge in [-0.1, -0.05) is 12.8 Å². The SMILES string of the molecule is COc1cc(C(=O)N2CCC(C(=O)N3CCCCCC3)CC2)ccc1OCC(N)=O. The van der Waals surface area contributed by atoms with Crippen LogP contribution in [0.1, 0.15) is 48.9 Å². The van der Waals surface area contributed by atoms with E-state index in [4.69, 9.17) is 15.2 Å². The highest BCUT2D eigenvalue weighted by Gasteiger charge is 2.31. The van der Waals surface area contributed by atoms with Crippen molar-refractivity contribution in [2.75, 3.05) is 39.9 Å². The molecule has 164 valence electrons. The second-order valence-corrected chi connectivity index (χ2v) is 7.93. The standard InChI is InChI=1S/C22H31N3O5/c1-29-19-14-17(6-7-18(19)30-15-20(23)26)22(28)25-12-8-16(9-13-25)21(27)24-10-4-2-3-5-11-24/h6-7,14,16H,2-5,8-13,15H2,1H3,(H2,23,26). The fourth-order valence-electron chi connectivity index (χ4n) is 4.13. The third-order valence-corrected chi connectivity index (χ3v) is 5.83. The summed E-state index contributed by atoms with van der Waals surface area (Å²) in [6, 6.07) is 4.85. The Morgan fingerprint density at radius 3 is 2.23 bits per heavy atom. The first-order chi connectivity index (χ1) is 14.5. The highest BCUT2D eigenvalue weighted by molar-refractivity contribution is 5.95. The lowest BCUT2D eigenvalue weighted by atomic mass is 9.94. The predicted octanol–water partition coefficient (Wildman–Crippen LogP) is 1.81. The highest BCUT2D eigenvalue weighted by Crippen LogP contribution is 2.29. The minimum Gasteiger partial charge on any atom is -0.493 e. The molecule has 2 aliphatic rings. The summed E-state index contributed by atoms with van der Waals surface area (Å²) in [5, 5.41) is 0. The van der Waals surface area contributed by atoms with Gasteiger partial charge in [-0.15, -0.1) is 0 Å². The third-order valence-electron chi connectivity index (χ3n) is 5.83. The van der Waals surface area contributed by atoms with E-state index < -0.39 is 5.91 Å². The lowest BCUT2D eigenvalue weighted by Gasteiger charge is -2.34. The minimum atomic E-state index is -0.588. The second kappa shape index (κ2) is 10.3. The number of carbonyl (C=O) groups is 3. The van der Waals surface area contributed by atoms with Gasteiger partial charge in [0.15, 0.2) is 18.1 Å². The van der Waals surface area contributed by atoms with Crippen LogP contribution in [0.4, 0.5) is 0 Å². The molecule has 0 spiro atoms. The molecule has 0 bridgehead atoms. The molecule has 0 aliphatic carbocycles. The van der Waals surface area contributed by atoms with Gasteiger partial charge in [0.1, 0.15) is 0 Å². The van der Waals surface area contributed by atoms with Gasteiger partial charge in [-0.25, -0.2) is 0 Å². The predicted molar refractivity (Wildman–Crippen MR) is 111 cm³/mol. The van der Waals surface area contributed by atoms with Crippen molar-refractivity contribution in [2.24, 2.45) is 11.7 Å². The first-order valence-electron chi connectivity index (χ1n) is 10.7. The number of hydrogen-bond donors (Lipinski definition) is 1. The first-order valence-corrected chi connectivity index (χ1v) is 10.7. The number of likely N-dealkylation sites (tertiary alicyclic amines) is 2. The highest BCUT2D eigenvalue weighted by atomic mass is 16.5. The molecular formula is C22H31N3O5. The lowest BCUT2D eigenvalue weighted by molar-refractivity contribution is -0.136. The Morgan fingerprint density at radius 2 is 1.63 bits per heavy atom. The summed E-state index contributed by atoms with van der Waals surface area (Å²) in [7, 11) is 1.47. The Hall–Kier alpha value is -2.77. The van der Waals surface area contributed by atoms with Crippen molar-refractivity contribution in [2.45, 2.75) is 38.5 Å². The summed E-state index contributed by atoms with van der Waals surface area (Å²) in [6.07, 6.45) is 5.96. The van der Waals surface area contributed by atoms with E-state index in [-0.39, 0.29) is 24.3 Å². The van der Waals surface area contributed by atoms with Gasteiger partial charge in [0, 0.05) is 37.7 Å². The van der Waals surface area contributed by atoms with E-state index in [2.05, 4.69) is 0 Å². The Bertz CT molecular complexity index is 766. The molecule has 0 unspecified atom stereocenters. The van der Waals surface area contributed by atoms with E-state index in [0.29, 0.717) is 43.0 Å². The summed E-state index contributed by atoms with van der Waals surface area (Å²) in [6.45, 7) is 2.59. The summed E-state index contributed by atoms with van der Waals surface area (Å²) in [5.41, 5.74) is 5.58. The average molecular weight is 418 g/mol. The minimum absolute atomic E-state index is 0.00580. The number of rotatable bonds is 6. The fraction of sp³-hybridized carbons (Fsp3) is 0.591.